The SMILES string of the molecule is CC(=O)[O-].CCCCCCCCCCC[NH+]1CCCC1CC. The fourth-order valence-corrected chi connectivity index (χ4v) is 3.47. The van der Waals surface area contributed by atoms with E-state index in [0.717, 1.165) is 13.0 Å². The van der Waals surface area contributed by atoms with Crippen molar-refractivity contribution in [3.63, 3.8) is 0 Å². The molecule has 0 aromatic heterocycles. The summed E-state index contributed by atoms with van der Waals surface area (Å²) in [5.41, 5.74) is 0. The zero-order valence-corrected chi connectivity index (χ0v) is 15.3. The molecular weight excluding hydrogens is 274 g/mol. The van der Waals surface area contributed by atoms with Gasteiger partial charge >= 0.3 is 0 Å². The molecule has 0 spiro atoms. The molecule has 1 heterocycles. The smallest absolute Gasteiger partial charge is 0.0874 e. The van der Waals surface area contributed by atoms with Crippen molar-refractivity contribution in [2.24, 2.45) is 0 Å². The number of hydrogen-bond acceptors (Lipinski definition) is 2. The number of rotatable bonds is 11. The molecule has 2 atom stereocenters. The maximum atomic E-state index is 8.89. The minimum Gasteiger partial charge on any atom is -0.550 e. The maximum Gasteiger partial charge on any atom is 0.0874 e. The standard InChI is InChI=1S/C17H35N.C2H4O2/c1-3-5-6-7-8-9-10-11-12-15-18-16-13-14-17(18)4-2;1-2(3)4/h17H,3-16H2,1-2H3;1H3,(H,3,4). The van der Waals surface area contributed by atoms with Crippen molar-refractivity contribution in [2.45, 2.75) is 104 Å². The number of carboxylic acid groups (broad SMARTS) is 1. The zero-order valence-electron chi connectivity index (χ0n) is 15.3. The summed E-state index contributed by atoms with van der Waals surface area (Å²) in [4.78, 5) is 10.8. The molecule has 22 heavy (non-hydrogen) atoms. The molecule has 1 fully saturated rings. The van der Waals surface area contributed by atoms with E-state index in [1.54, 1.807) is 0 Å². The minimum atomic E-state index is -1.08. The molecule has 132 valence electrons. The van der Waals surface area contributed by atoms with Gasteiger partial charge in [0.1, 0.15) is 0 Å². The van der Waals surface area contributed by atoms with Crippen LogP contribution in [0.2, 0.25) is 0 Å². The van der Waals surface area contributed by atoms with Gasteiger partial charge < -0.3 is 14.8 Å². The molecule has 0 radical (unpaired) electrons. The van der Waals surface area contributed by atoms with Crippen LogP contribution in [0.15, 0.2) is 0 Å². The third-order valence-electron chi connectivity index (χ3n) is 4.72. The molecule has 0 aromatic rings. The number of likely N-dealkylation sites (tertiary alicyclic amines) is 1. The van der Waals surface area contributed by atoms with Gasteiger partial charge in [-0.25, -0.2) is 0 Å². The third-order valence-corrected chi connectivity index (χ3v) is 4.72. The topological polar surface area (TPSA) is 44.6 Å². The number of nitrogens with one attached hydrogen (secondary N) is 1. The molecule has 0 saturated carbocycles. The Morgan fingerprint density at radius 3 is 2.00 bits per heavy atom. The molecule has 1 N–H and O–H groups in total. The average molecular weight is 314 g/mol. The van der Waals surface area contributed by atoms with Gasteiger partial charge in [-0.2, -0.15) is 0 Å². The number of quaternary nitrogens is 1. The first kappa shape index (κ1) is 21.4. The fourth-order valence-electron chi connectivity index (χ4n) is 3.47. The Kier molecular flexibility index (Phi) is 14.9. The van der Waals surface area contributed by atoms with Crippen molar-refractivity contribution >= 4 is 5.97 Å². The van der Waals surface area contributed by atoms with E-state index in [1.165, 1.54) is 90.1 Å². The molecule has 1 aliphatic rings. The van der Waals surface area contributed by atoms with Crippen LogP contribution in [0.3, 0.4) is 0 Å². The first-order chi connectivity index (χ1) is 10.6. The quantitative estimate of drug-likeness (QED) is 0.596. The number of carboxylic acids is 1. The normalized spacial score (nSPS) is 20.5. The lowest BCUT2D eigenvalue weighted by molar-refractivity contribution is -0.912. The van der Waals surface area contributed by atoms with Crippen LogP contribution < -0.4 is 10.0 Å². The average Bonchev–Trinajstić information content (AvgIpc) is 2.92. The van der Waals surface area contributed by atoms with Gasteiger partial charge in [0.25, 0.3) is 0 Å². The largest absolute Gasteiger partial charge is 0.550 e. The Labute approximate surface area is 138 Å². The lowest BCUT2D eigenvalue weighted by Crippen LogP contribution is -3.13. The summed E-state index contributed by atoms with van der Waals surface area (Å²) < 4.78 is 0. The first-order valence-corrected chi connectivity index (χ1v) is 9.63. The second-order valence-electron chi connectivity index (χ2n) is 6.73. The number of aliphatic carboxylic acids is 1. The van der Waals surface area contributed by atoms with Crippen molar-refractivity contribution in [3.8, 4) is 0 Å². The van der Waals surface area contributed by atoms with E-state index in [9.17, 15) is 0 Å². The van der Waals surface area contributed by atoms with Gasteiger partial charge in [0.05, 0.1) is 19.1 Å². The van der Waals surface area contributed by atoms with Crippen LogP contribution in [0.1, 0.15) is 97.8 Å². The van der Waals surface area contributed by atoms with Crippen molar-refractivity contribution in [3.05, 3.63) is 0 Å². The summed E-state index contributed by atoms with van der Waals surface area (Å²) in [6.45, 7) is 8.54. The molecule has 0 amide bonds. The fraction of sp³-hybridized carbons (Fsp3) is 0.947. The van der Waals surface area contributed by atoms with Gasteiger partial charge in [-0.3, -0.25) is 0 Å². The molecule has 1 rings (SSSR count). The Morgan fingerprint density at radius 2 is 1.50 bits per heavy atom. The molecule has 3 nitrogen and oxygen atoms in total. The Balaban J connectivity index is 0.000000980. The summed E-state index contributed by atoms with van der Waals surface area (Å²) in [6.07, 6.45) is 17.5. The van der Waals surface area contributed by atoms with Crippen LogP contribution in [0.5, 0.6) is 0 Å². The van der Waals surface area contributed by atoms with E-state index in [0.29, 0.717) is 0 Å². The van der Waals surface area contributed by atoms with E-state index in [4.69, 9.17) is 9.90 Å². The van der Waals surface area contributed by atoms with E-state index in [-0.39, 0.29) is 0 Å². The van der Waals surface area contributed by atoms with Crippen molar-refractivity contribution < 1.29 is 14.8 Å². The summed E-state index contributed by atoms with van der Waals surface area (Å²) in [7, 11) is 0. The van der Waals surface area contributed by atoms with Gasteiger partial charge in [-0.05, 0) is 26.2 Å². The molecular formula is C19H39NO2. The summed E-state index contributed by atoms with van der Waals surface area (Å²) >= 11 is 0. The van der Waals surface area contributed by atoms with Crippen molar-refractivity contribution in [1.82, 2.24) is 0 Å². The van der Waals surface area contributed by atoms with Crippen LogP contribution in [-0.4, -0.2) is 25.1 Å². The van der Waals surface area contributed by atoms with Gasteiger partial charge in [0, 0.05) is 18.8 Å². The van der Waals surface area contributed by atoms with Gasteiger partial charge in [-0.1, -0.05) is 58.8 Å². The lowest BCUT2D eigenvalue weighted by atomic mass is 10.1. The van der Waals surface area contributed by atoms with Gasteiger partial charge in [-0.15, -0.1) is 0 Å². The molecule has 0 aromatic carbocycles. The van der Waals surface area contributed by atoms with Crippen LogP contribution in [-0.2, 0) is 4.79 Å². The summed E-state index contributed by atoms with van der Waals surface area (Å²) in [6, 6.07) is 0.999. The van der Waals surface area contributed by atoms with Crippen LogP contribution in [0, 0.1) is 0 Å². The van der Waals surface area contributed by atoms with Gasteiger partial charge in [0.15, 0.2) is 0 Å². The molecule has 0 aliphatic carbocycles. The number of hydrogen-bond donors (Lipinski definition) is 1. The summed E-state index contributed by atoms with van der Waals surface area (Å²) in [5, 5.41) is 8.89. The first-order valence-electron chi connectivity index (χ1n) is 9.63. The molecule has 3 heteroatoms. The lowest BCUT2D eigenvalue weighted by Gasteiger charge is -2.20. The zero-order chi connectivity index (χ0) is 16.6. The Hall–Kier alpha value is -0.570. The highest BCUT2D eigenvalue weighted by Gasteiger charge is 2.25. The van der Waals surface area contributed by atoms with Crippen LogP contribution >= 0.6 is 0 Å². The van der Waals surface area contributed by atoms with Crippen molar-refractivity contribution in [2.75, 3.05) is 13.1 Å². The van der Waals surface area contributed by atoms with E-state index < -0.39 is 5.97 Å². The highest BCUT2D eigenvalue weighted by molar-refractivity contribution is 5.60. The third kappa shape index (κ3) is 13.1. The molecule has 2 unspecified atom stereocenters. The van der Waals surface area contributed by atoms with E-state index in [1.807, 2.05) is 4.90 Å². The summed E-state index contributed by atoms with van der Waals surface area (Å²) in [5.74, 6) is -1.08. The van der Waals surface area contributed by atoms with E-state index >= 15 is 0 Å². The van der Waals surface area contributed by atoms with Gasteiger partial charge in [0.2, 0.25) is 0 Å². The number of carbonyl (C=O) groups excluding carboxylic acids is 1. The second kappa shape index (κ2) is 15.3. The predicted molar refractivity (Wildman–Crippen MR) is 91.9 cm³/mol. The van der Waals surface area contributed by atoms with Crippen molar-refractivity contribution in [1.29, 1.82) is 0 Å². The van der Waals surface area contributed by atoms with E-state index in [2.05, 4.69) is 13.8 Å². The van der Waals surface area contributed by atoms with Crippen LogP contribution in [0.25, 0.3) is 0 Å². The Bertz CT molecular complexity index is 252. The maximum absolute atomic E-state index is 8.89. The predicted octanol–water partition coefficient (Wildman–Crippen LogP) is 2.73. The highest BCUT2D eigenvalue weighted by Crippen LogP contribution is 2.09. The number of unbranched alkanes of at least 4 members (excludes halogenated alkanes) is 8. The monoisotopic (exact) mass is 313 g/mol. The highest BCUT2D eigenvalue weighted by atomic mass is 16.4. The molecule has 1 saturated heterocycles. The van der Waals surface area contributed by atoms with Crippen LogP contribution in [0.4, 0.5) is 0 Å². The molecule has 0 bridgehead atoms. The number of carbonyl (C=O) groups is 1. The molecule has 1 aliphatic heterocycles. The minimum absolute atomic E-state index is 0.972. The second-order valence-corrected chi connectivity index (χ2v) is 6.73. The Morgan fingerprint density at radius 1 is 1.00 bits per heavy atom.